The first-order valence-electron chi connectivity index (χ1n) is 8.26. The molecule has 0 aliphatic heterocycles. The van der Waals surface area contributed by atoms with Crippen molar-refractivity contribution in [3.8, 4) is 12.3 Å². The molecule has 1 saturated carbocycles. The molecule has 3 rings (SSSR count). The van der Waals surface area contributed by atoms with Crippen LogP contribution in [0.5, 0.6) is 0 Å². The van der Waals surface area contributed by atoms with Gasteiger partial charge in [-0.25, -0.2) is 0 Å². The maximum absolute atomic E-state index is 12.9. The fraction of sp³-hybridized carbons (Fsp3) is 0.400. The number of rotatable bonds is 3. The third-order valence-electron chi connectivity index (χ3n) is 4.90. The maximum Gasteiger partial charge on any atom is 0.231 e. The normalized spacial score (nSPS) is 16.7. The number of nitrogens with one attached hydrogen (secondary N) is 1. The van der Waals surface area contributed by atoms with Crippen LogP contribution in [0.15, 0.2) is 30.3 Å². The second-order valence-corrected chi connectivity index (χ2v) is 6.49. The molecule has 118 valence electrons. The summed E-state index contributed by atoms with van der Waals surface area (Å²) in [4.78, 5) is 17.5. The van der Waals surface area contributed by atoms with Crippen LogP contribution in [0.1, 0.15) is 44.2 Å². The van der Waals surface area contributed by atoms with E-state index in [1.54, 1.807) is 0 Å². The Hall–Kier alpha value is -2.34. The van der Waals surface area contributed by atoms with Gasteiger partial charge in [-0.15, -0.1) is 12.3 Å². The molecule has 1 aromatic heterocycles. The highest BCUT2D eigenvalue weighted by molar-refractivity contribution is 5.97. The molecular formula is C20H22N2O. The summed E-state index contributed by atoms with van der Waals surface area (Å²) in [5, 5.41) is 4.13. The van der Waals surface area contributed by atoms with Crippen LogP contribution < -0.4 is 5.32 Å². The Labute approximate surface area is 137 Å². The van der Waals surface area contributed by atoms with E-state index in [0.717, 1.165) is 48.0 Å². The molecule has 1 aromatic carbocycles. The predicted molar refractivity (Wildman–Crippen MR) is 94.1 cm³/mol. The number of carbonyl (C=O) groups excluding carboxylic acids is 1. The van der Waals surface area contributed by atoms with Crippen LogP contribution in [0.3, 0.4) is 0 Å². The van der Waals surface area contributed by atoms with Crippen molar-refractivity contribution in [2.75, 3.05) is 5.32 Å². The third-order valence-corrected chi connectivity index (χ3v) is 4.90. The van der Waals surface area contributed by atoms with E-state index >= 15 is 0 Å². The number of benzene rings is 1. The lowest BCUT2D eigenvalue weighted by molar-refractivity contribution is -0.127. The molecule has 23 heavy (non-hydrogen) atoms. The molecule has 0 spiro atoms. The molecule has 1 N–H and O–H groups in total. The topological polar surface area (TPSA) is 42.0 Å². The molecule has 2 aromatic rings. The Morgan fingerprint density at radius 1 is 1.30 bits per heavy atom. The molecule has 0 atom stereocenters. The lowest BCUT2D eigenvalue weighted by atomic mass is 9.71. The zero-order valence-corrected chi connectivity index (χ0v) is 13.6. The molecule has 1 fully saturated rings. The number of pyridine rings is 1. The van der Waals surface area contributed by atoms with E-state index in [-0.39, 0.29) is 5.91 Å². The van der Waals surface area contributed by atoms with Crippen LogP contribution in [0, 0.1) is 24.7 Å². The minimum Gasteiger partial charge on any atom is -0.324 e. The zero-order valence-electron chi connectivity index (χ0n) is 13.6. The van der Waals surface area contributed by atoms with Gasteiger partial charge in [-0.2, -0.15) is 0 Å². The van der Waals surface area contributed by atoms with E-state index in [1.165, 1.54) is 6.42 Å². The van der Waals surface area contributed by atoms with Gasteiger partial charge in [0.1, 0.15) is 0 Å². The number of carbonyl (C=O) groups is 1. The minimum atomic E-state index is -0.412. The first-order chi connectivity index (χ1) is 11.1. The van der Waals surface area contributed by atoms with Crippen molar-refractivity contribution in [1.82, 2.24) is 4.98 Å². The zero-order chi connectivity index (χ0) is 16.3. The lowest BCUT2D eigenvalue weighted by Gasteiger charge is -2.34. The monoisotopic (exact) mass is 306 g/mol. The number of hydrogen-bond donors (Lipinski definition) is 1. The molecule has 1 amide bonds. The van der Waals surface area contributed by atoms with Crippen molar-refractivity contribution in [3.05, 3.63) is 36.0 Å². The Morgan fingerprint density at radius 3 is 2.78 bits per heavy atom. The van der Waals surface area contributed by atoms with E-state index in [4.69, 9.17) is 6.42 Å². The Morgan fingerprint density at radius 2 is 2.04 bits per heavy atom. The number of amides is 1. The minimum absolute atomic E-state index is 0.0512. The SMILES string of the molecule is C#CCC1(C(=O)Nc2cc3ccccc3nc2C)CCCCC1. The van der Waals surface area contributed by atoms with Gasteiger partial charge >= 0.3 is 0 Å². The summed E-state index contributed by atoms with van der Waals surface area (Å²) >= 11 is 0. The summed E-state index contributed by atoms with van der Waals surface area (Å²) in [6, 6.07) is 9.94. The number of para-hydroxylation sites is 1. The fourth-order valence-electron chi connectivity index (χ4n) is 3.50. The second-order valence-electron chi connectivity index (χ2n) is 6.49. The van der Waals surface area contributed by atoms with Gasteiger partial charge in [0.05, 0.1) is 22.3 Å². The lowest BCUT2D eigenvalue weighted by Crippen LogP contribution is -2.38. The van der Waals surface area contributed by atoms with Gasteiger partial charge in [0.2, 0.25) is 5.91 Å². The molecule has 0 bridgehead atoms. The molecule has 3 nitrogen and oxygen atoms in total. The number of nitrogens with zero attached hydrogens (tertiary/aromatic N) is 1. The van der Waals surface area contributed by atoms with E-state index in [1.807, 2.05) is 37.3 Å². The molecular weight excluding hydrogens is 284 g/mol. The van der Waals surface area contributed by atoms with Crippen molar-refractivity contribution in [1.29, 1.82) is 0 Å². The summed E-state index contributed by atoms with van der Waals surface area (Å²) in [5.74, 6) is 2.76. The van der Waals surface area contributed by atoms with Crippen LogP contribution in [-0.2, 0) is 4.79 Å². The highest BCUT2D eigenvalue weighted by atomic mass is 16.2. The number of terminal acetylenes is 1. The molecule has 1 aliphatic rings. The van der Waals surface area contributed by atoms with Crippen LogP contribution in [-0.4, -0.2) is 10.9 Å². The molecule has 0 radical (unpaired) electrons. The van der Waals surface area contributed by atoms with E-state index in [9.17, 15) is 4.79 Å². The molecule has 1 heterocycles. The quantitative estimate of drug-likeness (QED) is 0.851. The predicted octanol–water partition coefficient (Wildman–Crippen LogP) is 4.46. The summed E-state index contributed by atoms with van der Waals surface area (Å²) < 4.78 is 0. The first-order valence-corrected chi connectivity index (χ1v) is 8.26. The van der Waals surface area contributed by atoms with Gasteiger partial charge < -0.3 is 5.32 Å². The summed E-state index contributed by atoms with van der Waals surface area (Å²) in [6.45, 7) is 1.93. The maximum atomic E-state index is 12.9. The Bertz CT molecular complexity index is 767. The number of aromatic nitrogens is 1. The largest absolute Gasteiger partial charge is 0.324 e. The van der Waals surface area contributed by atoms with Gasteiger partial charge in [-0.1, -0.05) is 37.5 Å². The van der Waals surface area contributed by atoms with Crippen LogP contribution in [0.2, 0.25) is 0 Å². The van der Waals surface area contributed by atoms with Crippen LogP contribution in [0.4, 0.5) is 5.69 Å². The van der Waals surface area contributed by atoms with Crippen LogP contribution >= 0.6 is 0 Å². The van der Waals surface area contributed by atoms with Crippen molar-refractivity contribution in [2.45, 2.75) is 45.4 Å². The summed E-state index contributed by atoms with van der Waals surface area (Å²) in [6.07, 6.45) is 11.1. The summed E-state index contributed by atoms with van der Waals surface area (Å²) in [7, 11) is 0. The van der Waals surface area contributed by atoms with Crippen LogP contribution in [0.25, 0.3) is 10.9 Å². The molecule has 1 aliphatic carbocycles. The highest BCUT2D eigenvalue weighted by Crippen LogP contribution is 2.40. The van der Waals surface area contributed by atoms with Gasteiger partial charge in [0.15, 0.2) is 0 Å². The van der Waals surface area contributed by atoms with E-state index in [0.29, 0.717) is 6.42 Å². The average Bonchev–Trinajstić information content (AvgIpc) is 2.56. The fourth-order valence-corrected chi connectivity index (χ4v) is 3.50. The number of anilines is 1. The highest BCUT2D eigenvalue weighted by Gasteiger charge is 2.38. The number of fused-ring (bicyclic) bond motifs is 1. The average molecular weight is 306 g/mol. The molecule has 0 saturated heterocycles. The van der Waals surface area contributed by atoms with Crippen molar-refractivity contribution >= 4 is 22.5 Å². The Kier molecular flexibility index (Phi) is 4.34. The van der Waals surface area contributed by atoms with Gasteiger partial charge in [-0.05, 0) is 31.9 Å². The van der Waals surface area contributed by atoms with Crippen molar-refractivity contribution < 1.29 is 4.79 Å². The number of aryl methyl sites for hydroxylation is 1. The van der Waals surface area contributed by atoms with Gasteiger partial charge in [0.25, 0.3) is 0 Å². The van der Waals surface area contributed by atoms with Gasteiger partial charge in [0, 0.05) is 11.8 Å². The summed E-state index contributed by atoms with van der Waals surface area (Å²) in [5.41, 5.74) is 2.16. The van der Waals surface area contributed by atoms with Gasteiger partial charge in [-0.3, -0.25) is 9.78 Å². The number of hydrogen-bond acceptors (Lipinski definition) is 2. The molecule has 0 unspecified atom stereocenters. The van der Waals surface area contributed by atoms with E-state index < -0.39 is 5.41 Å². The standard InChI is InChI=1S/C20H22N2O/c1-3-11-20(12-7-4-8-13-20)19(23)22-18-14-16-9-5-6-10-17(16)21-15(18)2/h1,5-6,9-10,14H,4,7-8,11-13H2,2H3,(H,22,23). The molecule has 3 heteroatoms. The smallest absolute Gasteiger partial charge is 0.231 e. The van der Waals surface area contributed by atoms with Crippen molar-refractivity contribution in [3.63, 3.8) is 0 Å². The van der Waals surface area contributed by atoms with E-state index in [2.05, 4.69) is 16.2 Å². The van der Waals surface area contributed by atoms with Crippen molar-refractivity contribution in [2.24, 2.45) is 5.41 Å². The second kappa shape index (κ2) is 6.42. The Balaban J connectivity index is 1.89. The first kappa shape index (κ1) is 15.6. The third kappa shape index (κ3) is 3.07.